The minimum absolute atomic E-state index is 0.0629. The van der Waals surface area contributed by atoms with Gasteiger partial charge in [0.05, 0.1) is 5.97 Å². The molecule has 22 heavy (non-hydrogen) atoms. The fourth-order valence-electron chi connectivity index (χ4n) is 2.47. The molecule has 0 N–H and O–H groups in total. The lowest BCUT2D eigenvalue weighted by Gasteiger charge is -2.06. The number of Topliss-reactive ketones (excluding diaryl/α,β-unsaturated/α-hetero) is 1. The van der Waals surface area contributed by atoms with Crippen LogP contribution in [0, 0.1) is 0 Å². The molecule has 2 aromatic rings. The summed E-state index contributed by atoms with van der Waals surface area (Å²) in [6.45, 7) is -0.478. The summed E-state index contributed by atoms with van der Waals surface area (Å²) in [5.41, 5.74) is 3.44. The molecule has 0 saturated carbocycles. The van der Waals surface area contributed by atoms with Gasteiger partial charge in [-0.3, -0.25) is 4.79 Å². The van der Waals surface area contributed by atoms with Gasteiger partial charge in [0.25, 0.3) is 0 Å². The fraction of sp³-hybridized carbons (Fsp3) is 0.111. The van der Waals surface area contributed by atoms with Crippen LogP contribution >= 0.6 is 0 Å². The number of aliphatic carboxylic acids is 1. The van der Waals surface area contributed by atoms with Crippen LogP contribution in [-0.4, -0.2) is 18.4 Å². The highest BCUT2D eigenvalue weighted by molar-refractivity contribution is 6.15. The molecule has 0 atom stereocenters. The van der Waals surface area contributed by atoms with Crippen molar-refractivity contribution in [2.24, 2.45) is 0 Å². The number of carbonyl (C=O) groups is 2. The zero-order chi connectivity index (χ0) is 15.5. The Kier molecular flexibility index (Phi) is 3.74. The van der Waals surface area contributed by atoms with Gasteiger partial charge in [0.1, 0.15) is 12.4 Å². The summed E-state index contributed by atoms with van der Waals surface area (Å²) in [7, 11) is 0. The molecule has 110 valence electrons. The van der Waals surface area contributed by atoms with E-state index in [2.05, 4.69) is 0 Å². The molecule has 0 bridgehead atoms. The summed E-state index contributed by atoms with van der Waals surface area (Å²) in [4.78, 5) is 22.6. The van der Waals surface area contributed by atoms with Crippen LogP contribution in [0.3, 0.4) is 0 Å². The number of carboxylic acid groups (broad SMARTS) is 1. The Morgan fingerprint density at radius 3 is 2.55 bits per heavy atom. The van der Waals surface area contributed by atoms with Gasteiger partial charge in [0, 0.05) is 17.6 Å². The predicted octanol–water partition coefficient (Wildman–Crippen LogP) is 1.64. The van der Waals surface area contributed by atoms with Crippen LogP contribution in [0.1, 0.15) is 21.5 Å². The fourth-order valence-corrected chi connectivity index (χ4v) is 2.47. The van der Waals surface area contributed by atoms with Gasteiger partial charge in [0.15, 0.2) is 5.78 Å². The van der Waals surface area contributed by atoms with Crippen LogP contribution in [0.15, 0.2) is 54.1 Å². The lowest BCUT2D eigenvalue weighted by atomic mass is 10.1. The minimum Gasteiger partial charge on any atom is -0.546 e. The highest BCUT2D eigenvalue weighted by Gasteiger charge is 2.23. The van der Waals surface area contributed by atoms with E-state index in [1.165, 1.54) is 0 Å². The van der Waals surface area contributed by atoms with Gasteiger partial charge in [-0.05, 0) is 29.3 Å². The molecule has 0 aromatic heterocycles. The van der Waals surface area contributed by atoms with E-state index in [0.29, 0.717) is 12.2 Å². The molecule has 4 heteroatoms. The van der Waals surface area contributed by atoms with Crippen LogP contribution in [0.2, 0.25) is 0 Å². The zero-order valence-corrected chi connectivity index (χ0v) is 11.7. The first kappa shape index (κ1) is 14.1. The molecule has 1 aliphatic rings. The summed E-state index contributed by atoms with van der Waals surface area (Å²) in [6, 6.07) is 14.5. The molecule has 1 aliphatic carbocycles. The van der Waals surface area contributed by atoms with Crippen molar-refractivity contribution in [1.29, 1.82) is 0 Å². The van der Waals surface area contributed by atoms with Crippen molar-refractivity contribution in [2.75, 3.05) is 6.61 Å². The molecule has 0 unspecified atom stereocenters. The monoisotopic (exact) mass is 293 g/mol. The van der Waals surface area contributed by atoms with Crippen molar-refractivity contribution in [3.05, 3.63) is 70.8 Å². The van der Waals surface area contributed by atoms with Crippen molar-refractivity contribution in [1.82, 2.24) is 0 Å². The molecule has 0 aliphatic heterocycles. The van der Waals surface area contributed by atoms with E-state index in [1.807, 2.05) is 30.3 Å². The van der Waals surface area contributed by atoms with Crippen LogP contribution in [0.25, 0.3) is 6.08 Å². The third kappa shape index (κ3) is 2.91. The van der Waals surface area contributed by atoms with E-state index < -0.39 is 12.6 Å². The summed E-state index contributed by atoms with van der Waals surface area (Å²) < 4.78 is 5.01. The van der Waals surface area contributed by atoms with Crippen LogP contribution < -0.4 is 9.84 Å². The van der Waals surface area contributed by atoms with Crippen molar-refractivity contribution >= 4 is 17.8 Å². The highest BCUT2D eigenvalue weighted by atomic mass is 16.5. The number of hydrogen-bond donors (Lipinski definition) is 0. The molecular weight excluding hydrogens is 280 g/mol. The Balaban J connectivity index is 1.76. The molecule has 0 spiro atoms. The standard InChI is InChI=1S/C18H14O4/c19-17(20)11-22-15-7-5-12(6-8-15)9-14-10-13-3-1-2-4-16(13)18(14)21/h1-9H,10-11H2,(H,19,20)/p-1/b14-9+. The van der Waals surface area contributed by atoms with Gasteiger partial charge in [-0.1, -0.05) is 36.4 Å². The Labute approximate surface area is 127 Å². The van der Waals surface area contributed by atoms with Crippen molar-refractivity contribution in [3.63, 3.8) is 0 Å². The number of benzene rings is 2. The lowest BCUT2D eigenvalue weighted by Crippen LogP contribution is -2.28. The maximum atomic E-state index is 12.3. The maximum absolute atomic E-state index is 12.3. The summed E-state index contributed by atoms with van der Waals surface area (Å²) in [6.07, 6.45) is 2.49. The van der Waals surface area contributed by atoms with Gasteiger partial charge >= 0.3 is 0 Å². The largest absolute Gasteiger partial charge is 0.546 e. The van der Waals surface area contributed by atoms with Crippen LogP contribution in [0.5, 0.6) is 5.75 Å². The third-order valence-corrected chi connectivity index (χ3v) is 3.51. The quantitative estimate of drug-likeness (QED) is 0.804. The molecule has 0 heterocycles. The van der Waals surface area contributed by atoms with E-state index in [4.69, 9.17) is 4.74 Å². The van der Waals surface area contributed by atoms with Crippen molar-refractivity contribution in [3.8, 4) is 5.75 Å². The SMILES string of the molecule is O=C([O-])COc1ccc(/C=C2\Cc3ccccc3C2=O)cc1. The average molecular weight is 293 g/mol. The van der Waals surface area contributed by atoms with E-state index in [9.17, 15) is 14.7 Å². The zero-order valence-electron chi connectivity index (χ0n) is 11.7. The number of allylic oxidation sites excluding steroid dienone is 1. The van der Waals surface area contributed by atoms with Crippen molar-refractivity contribution in [2.45, 2.75) is 6.42 Å². The Hall–Kier alpha value is -2.88. The molecule has 0 saturated heterocycles. The number of ether oxygens (including phenoxy) is 1. The van der Waals surface area contributed by atoms with Crippen molar-refractivity contribution < 1.29 is 19.4 Å². The number of hydrogen-bond acceptors (Lipinski definition) is 4. The second-order valence-corrected chi connectivity index (χ2v) is 5.06. The summed E-state index contributed by atoms with van der Waals surface area (Å²) >= 11 is 0. The lowest BCUT2D eigenvalue weighted by molar-refractivity contribution is -0.307. The minimum atomic E-state index is -1.26. The number of carbonyl (C=O) groups excluding carboxylic acids is 2. The second kappa shape index (κ2) is 5.85. The van der Waals surface area contributed by atoms with Gasteiger partial charge in [-0.2, -0.15) is 0 Å². The number of ketones is 1. The smallest absolute Gasteiger partial charge is 0.189 e. The average Bonchev–Trinajstić information content (AvgIpc) is 2.83. The second-order valence-electron chi connectivity index (χ2n) is 5.06. The third-order valence-electron chi connectivity index (χ3n) is 3.51. The van der Waals surface area contributed by atoms with Crippen LogP contribution in [0.4, 0.5) is 0 Å². The van der Waals surface area contributed by atoms with Gasteiger partial charge in [0.2, 0.25) is 0 Å². The molecule has 4 nitrogen and oxygen atoms in total. The topological polar surface area (TPSA) is 66.4 Å². The predicted molar refractivity (Wildman–Crippen MR) is 79.4 cm³/mol. The molecule has 2 aromatic carbocycles. The Morgan fingerprint density at radius 2 is 1.86 bits per heavy atom. The number of fused-ring (bicyclic) bond motifs is 1. The molecule has 0 radical (unpaired) electrons. The molecule has 0 amide bonds. The maximum Gasteiger partial charge on any atom is 0.189 e. The molecule has 3 rings (SSSR count). The molecule has 0 fully saturated rings. The first-order valence-electron chi connectivity index (χ1n) is 6.89. The van der Waals surface area contributed by atoms with Crippen LogP contribution in [-0.2, 0) is 11.2 Å². The van der Waals surface area contributed by atoms with E-state index >= 15 is 0 Å². The van der Waals surface area contributed by atoms with E-state index in [-0.39, 0.29) is 5.78 Å². The van der Waals surface area contributed by atoms with Gasteiger partial charge in [-0.15, -0.1) is 0 Å². The highest BCUT2D eigenvalue weighted by Crippen LogP contribution is 2.27. The first-order valence-corrected chi connectivity index (χ1v) is 6.89. The first-order chi connectivity index (χ1) is 10.6. The number of carboxylic acids is 1. The van der Waals surface area contributed by atoms with Gasteiger partial charge < -0.3 is 14.6 Å². The normalized spacial score (nSPS) is 14.9. The van der Waals surface area contributed by atoms with E-state index in [0.717, 1.165) is 22.3 Å². The van der Waals surface area contributed by atoms with Gasteiger partial charge in [-0.25, -0.2) is 0 Å². The summed E-state index contributed by atoms with van der Waals surface area (Å²) in [5, 5.41) is 10.3. The Bertz CT molecular complexity index is 757. The Morgan fingerprint density at radius 1 is 1.14 bits per heavy atom. The number of rotatable bonds is 4. The van der Waals surface area contributed by atoms with E-state index in [1.54, 1.807) is 24.3 Å². The molecular formula is C18H13O4-. The summed E-state index contributed by atoms with van der Waals surface area (Å²) in [5.74, 6) is -0.749.